The molecule has 2 aromatic heterocycles. The molecule has 324 valence electrons. The molecule has 6 rings (SSSR count). The van der Waals surface area contributed by atoms with Crippen LogP contribution in [0.25, 0.3) is 21.5 Å². The monoisotopic (exact) mass is 906 g/mol. The second-order valence-electron chi connectivity index (χ2n) is 14.1. The predicted octanol–water partition coefficient (Wildman–Crippen LogP) is 4.63. The summed E-state index contributed by atoms with van der Waals surface area (Å²) in [5.41, 5.74) is 19.4. The Morgan fingerprint density at radius 1 is 0.717 bits per heavy atom. The van der Waals surface area contributed by atoms with E-state index in [9.17, 15) is 26.4 Å². The molecule has 2 fully saturated rings. The van der Waals surface area contributed by atoms with E-state index in [0.29, 0.717) is 57.3 Å². The maximum atomic E-state index is 13.7. The maximum absolute atomic E-state index is 13.7. The quantitative estimate of drug-likeness (QED) is 0.0695. The average molecular weight is 908 g/mol. The number of benzene rings is 2. The van der Waals surface area contributed by atoms with Gasteiger partial charge < -0.3 is 32.4 Å². The van der Waals surface area contributed by atoms with Crippen LogP contribution >= 0.6 is 23.2 Å². The Bertz CT molecular complexity index is 2560. The number of nitrogens with two attached hydrogens (primary N) is 4. The molecule has 0 amide bonds. The highest BCUT2D eigenvalue weighted by molar-refractivity contribution is 7.89. The van der Waals surface area contributed by atoms with Crippen LogP contribution in [0.5, 0.6) is 0 Å². The number of sulfonamides is 2. The highest BCUT2D eigenvalue weighted by Crippen LogP contribution is 2.41. The van der Waals surface area contributed by atoms with Gasteiger partial charge in [0.2, 0.25) is 20.0 Å². The standard InChI is InChI=1S/C20H26ClN5O4S.C18H22ClN5O4S/c1-3-26(20(9-5-6-10-20)18(27)30-4-2)31(28,29)13-7-8-14-15(11-13)17(25-19(22)23)24-12-16(14)21;1-2-28-16(25)18(7-3-4-8-18)24-29(26,27)11-5-6-12-13(9-11)15(23-17(20)21)22-10-14(12)19/h7-8,11-12H,3-6,9-10H2,1-2H3,(H4,22,23,24,25);5-6,9-10,24H,2-4,7-8H2,1H3,(H4,20,21,22,23). The summed E-state index contributed by atoms with van der Waals surface area (Å²) in [6.07, 6.45) is 7.32. The van der Waals surface area contributed by atoms with E-state index < -0.39 is 43.1 Å². The Labute approximate surface area is 358 Å². The minimum absolute atomic E-state index is 0.00599. The Kier molecular flexibility index (Phi) is 14.5. The Balaban J connectivity index is 0.000000228. The smallest absolute Gasteiger partial charge is 0.327 e. The Morgan fingerprint density at radius 3 is 1.63 bits per heavy atom. The van der Waals surface area contributed by atoms with Gasteiger partial charge in [0.1, 0.15) is 11.1 Å². The summed E-state index contributed by atoms with van der Waals surface area (Å²) in [5, 5.41) is 2.51. The number of guanidine groups is 2. The molecule has 4 aromatic rings. The lowest BCUT2D eigenvalue weighted by atomic mass is 9.98. The molecule has 0 atom stereocenters. The first-order chi connectivity index (χ1) is 28.4. The Hall–Kier alpha value is -4.86. The molecule has 9 N–H and O–H groups in total. The number of carbonyl (C=O) groups excluding carboxylic acids is 2. The number of nitrogens with one attached hydrogen (secondary N) is 1. The summed E-state index contributed by atoms with van der Waals surface area (Å²) in [5.74, 6) is -1.22. The molecule has 0 bridgehead atoms. The molecule has 2 heterocycles. The van der Waals surface area contributed by atoms with Gasteiger partial charge in [-0.25, -0.2) is 26.8 Å². The summed E-state index contributed by atoms with van der Waals surface area (Å²) in [6, 6.07) is 8.81. The van der Waals surface area contributed by atoms with Gasteiger partial charge in [-0.2, -0.15) is 19.0 Å². The van der Waals surface area contributed by atoms with E-state index in [-0.39, 0.29) is 53.1 Å². The van der Waals surface area contributed by atoms with Crippen molar-refractivity contribution in [2.45, 2.75) is 93.0 Å². The molecule has 0 radical (unpaired) electrons. The fraction of sp³-hybridized carbons (Fsp3) is 0.421. The van der Waals surface area contributed by atoms with E-state index in [4.69, 9.17) is 55.6 Å². The fourth-order valence-corrected chi connectivity index (χ4v) is 11.3. The number of ether oxygens (including phenoxy) is 2. The summed E-state index contributed by atoms with van der Waals surface area (Å²) in [6.45, 7) is 5.57. The van der Waals surface area contributed by atoms with Gasteiger partial charge >= 0.3 is 11.9 Å². The number of aromatic nitrogens is 2. The van der Waals surface area contributed by atoms with Gasteiger partial charge in [-0.1, -0.05) is 67.9 Å². The second kappa shape index (κ2) is 18.8. The lowest BCUT2D eigenvalue weighted by Crippen LogP contribution is -2.55. The van der Waals surface area contributed by atoms with Crippen molar-refractivity contribution in [2.24, 2.45) is 32.9 Å². The summed E-state index contributed by atoms with van der Waals surface area (Å²) < 4.78 is 67.8. The molecule has 2 aliphatic rings. The number of esters is 2. The SMILES string of the molecule is CCOC(=O)C1(N(CC)S(=O)(=O)c2ccc3c(Cl)cnc(N=C(N)N)c3c2)CCCC1.CCOC(=O)C1(NS(=O)(=O)c2ccc3c(Cl)cnc(N=C(N)N)c3c2)CCCC1. The summed E-state index contributed by atoms with van der Waals surface area (Å²) in [7, 11) is -8.10. The van der Waals surface area contributed by atoms with Crippen molar-refractivity contribution >= 4 is 100 Å². The van der Waals surface area contributed by atoms with Crippen molar-refractivity contribution in [2.75, 3.05) is 19.8 Å². The molecule has 2 aliphatic carbocycles. The molecular formula is C38H48Cl2N10O8S2. The van der Waals surface area contributed by atoms with Gasteiger partial charge in [0.05, 0.1) is 33.0 Å². The lowest BCUT2D eigenvalue weighted by Gasteiger charge is -2.37. The summed E-state index contributed by atoms with van der Waals surface area (Å²) in [4.78, 5) is 41.4. The van der Waals surface area contributed by atoms with Crippen molar-refractivity contribution in [3.8, 4) is 0 Å². The molecule has 2 saturated carbocycles. The highest BCUT2D eigenvalue weighted by atomic mass is 35.5. The van der Waals surface area contributed by atoms with Crippen LogP contribution in [0.15, 0.2) is 68.6 Å². The zero-order valence-electron chi connectivity index (χ0n) is 33.3. The van der Waals surface area contributed by atoms with E-state index >= 15 is 0 Å². The first-order valence-electron chi connectivity index (χ1n) is 19.1. The third-order valence-electron chi connectivity index (χ3n) is 10.3. The van der Waals surface area contributed by atoms with Crippen molar-refractivity contribution in [3.63, 3.8) is 0 Å². The number of aliphatic imine (C=N–C) groups is 2. The third kappa shape index (κ3) is 9.53. The van der Waals surface area contributed by atoms with E-state index in [0.717, 1.165) is 25.7 Å². The minimum Gasteiger partial charge on any atom is -0.465 e. The number of rotatable bonds is 13. The van der Waals surface area contributed by atoms with E-state index in [1.807, 2.05) is 0 Å². The molecule has 0 spiro atoms. The number of halogens is 2. The average Bonchev–Trinajstić information content (AvgIpc) is 3.89. The normalized spacial score (nSPS) is 15.9. The molecule has 0 unspecified atom stereocenters. The van der Waals surface area contributed by atoms with Crippen molar-refractivity contribution in [3.05, 3.63) is 58.8 Å². The van der Waals surface area contributed by atoms with Crippen LogP contribution in [0.3, 0.4) is 0 Å². The van der Waals surface area contributed by atoms with Crippen LogP contribution in [-0.2, 0) is 39.1 Å². The largest absolute Gasteiger partial charge is 0.465 e. The van der Waals surface area contributed by atoms with Crippen molar-refractivity contribution in [1.82, 2.24) is 19.0 Å². The van der Waals surface area contributed by atoms with Crippen LogP contribution in [-0.4, -0.2) is 85.8 Å². The highest BCUT2D eigenvalue weighted by Gasteiger charge is 2.52. The van der Waals surface area contributed by atoms with Crippen LogP contribution < -0.4 is 27.7 Å². The van der Waals surface area contributed by atoms with Gasteiger partial charge in [-0.3, -0.25) is 9.59 Å². The van der Waals surface area contributed by atoms with E-state index in [1.165, 1.54) is 41.0 Å². The van der Waals surface area contributed by atoms with Crippen LogP contribution in [0.2, 0.25) is 10.0 Å². The number of pyridine rings is 2. The first-order valence-corrected chi connectivity index (χ1v) is 22.8. The fourth-order valence-electron chi connectivity index (χ4n) is 7.62. The zero-order chi connectivity index (χ0) is 44.0. The molecule has 18 nitrogen and oxygen atoms in total. The molecule has 0 saturated heterocycles. The van der Waals surface area contributed by atoms with Gasteiger partial charge in [-0.05, 0) is 63.8 Å². The first kappa shape index (κ1) is 46.2. The number of hydrogen-bond acceptors (Lipinski definition) is 12. The number of carbonyl (C=O) groups is 2. The molecular weight excluding hydrogens is 860 g/mol. The minimum atomic E-state index is -4.06. The molecule has 60 heavy (non-hydrogen) atoms. The zero-order valence-corrected chi connectivity index (χ0v) is 36.4. The second-order valence-corrected chi connectivity index (χ2v) is 18.5. The van der Waals surface area contributed by atoms with Gasteiger partial charge in [0, 0.05) is 40.5 Å². The van der Waals surface area contributed by atoms with Crippen LogP contribution in [0.1, 0.15) is 72.1 Å². The van der Waals surface area contributed by atoms with Crippen LogP contribution in [0.4, 0.5) is 11.6 Å². The van der Waals surface area contributed by atoms with Crippen molar-refractivity contribution < 1.29 is 35.9 Å². The van der Waals surface area contributed by atoms with Gasteiger partial charge in [0.15, 0.2) is 23.6 Å². The lowest BCUT2D eigenvalue weighted by molar-refractivity contribution is -0.154. The van der Waals surface area contributed by atoms with Gasteiger partial charge in [-0.15, -0.1) is 0 Å². The third-order valence-corrected chi connectivity index (χ3v) is 14.4. The number of hydrogen-bond donors (Lipinski definition) is 5. The predicted molar refractivity (Wildman–Crippen MR) is 230 cm³/mol. The molecule has 2 aromatic carbocycles. The molecule has 22 heteroatoms. The van der Waals surface area contributed by atoms with Crippen molar-refractivity contribution in [1.29, 1.82) is 0 Å². The number of fused-ring (bicyclic) bond motifs is 2. The van der Waals surface area contributed by atoms with E-state index in [1.54, 1.807) is 32.9 Å². The maximum Gasteiger partial charge on any atom is 0.327 e. The summed E-state index contributed by atoms with van der Waals surface area (Å²) >= 11 is 12.4. The number of likely N-dealkylation sites (N-methyl/N-ethyl adjacent to an activating group) is 1. The Morgan fingerprint density at radius 2 is 1.17 bits per heavy atom. The number of nitrogens with zero attached hydrogens (tertiary/aromatic N) is 5. The topological polar surface area (TPSA) is 291 Å². The van der Waals surface area contributed by atoms with Gasteiger partial charge in [0.25, 0.3) is 0 Å². The van der Waals surface area contributed by atoms with Crippen LogP contribution in [0, 0.1) is 0 Å². The van der Waals surface area contributed by atoms with E-state index in [2.05, 4.69) is 24.7 Å². The molecule has 0 aliphatic heterocycles.